The number of nitrogens with one attached hydrogen (secondary N) is 2. The third kappa shape index (κ3) is 4.07. The van der Waals surface area contributed by atoms with E-state index in [1.807, 2.05) is 10.8 Å². The lowest BCUT2D eigenvalue weighted by Crippen LogP contribution is -2.39. The fourth-order valence-electron chi connectivity index (χ4n) is 1.76. The second-order valence-corrected chi connectivity index (χ2v) is 4.17. The Labute approximate surface area is 100 Å². The molecule has 0 aliphatic carbocycles. The first kappa shape index (κ1) is 11.9. The lowest BCUT2D eigenvalue weighted by molar-refractivity contribution is 0.185. The summed E-state index contributed by atoms with van der Waals surface area (Å²) in [6.45, 7) is 3.60. The van der Waals surface area contributed by atoms with Gasteiger partial charge in [-0.05, 0) is 6.42 Å². The molecular weight excluding hydrogens is 220 g/mol. The summed E-state index contributed by atoms with van der Waals surface area (Å²) in [4.78, 5) is 15.4. The molecule has 0 bridgehead atoms. The van der Waals surface area contributed by atoms with Crippen LogP contribution in [0, 0.1) is 5.92 Å². The minimum Gasteiger partial charge on any atom is -0.381 e. The first-order valence-electron chi connectivity index (χ1n) is 5.90. The first-order valence-corrected chi connectivity index (χ1v) is 5.90. The van der Waals surface area contributed by atoms with E-state index in [9.17, 15) is 4.79 Å². The van der Waals surface area contributed by atoms with E-state index >= 15 is 0 Å². The molecule has 2 N–H and O–H groups in total. The number of carbonyl (C=O) groups is 1. The van der Waals surface area contributed by atoms with Crippen molar-refractivity contribution in [1.82, 2.24) is 20.2 Å². The van der Waals surface area contributed by atoms with Gasteiger partial charge in [0.05, 0.1) is 12.9 Å². The van der Waals surface area contributed by atoms with Gasteiger partial charge in [-0.25, -0.2) is 9.78 Å². The number of nitrogens with zero attached hydrogens (tertiary/aromatic N) is 2. The van der Waals surface area contributed by atoms with Gasteiger partial charge in [0, 0.05) is 44.6 Å². The number of hydrogen-bond acceptors (Lipinski definition) is 3. The van der Waals surface area contributed by atoms with Crippen LogP contribution in [0.1, 0.15) is 6.42 Å². The molecule has 2 rings (SSSR count). The predicted molar refractivity (Wildman–Crippen MR) is 62.6 cm³/mol. The van der Waals surface area contributed by atoms with Gasteiger partial charge in [0.25, 0.3) is 0 Å². The molecule has 1 aliphatic heterocycles. The van der Waals surface area contributed by atoms with Gasteiger partial charge in [0.2, 0.25) is 0 Å². The Kier molecular flexibility index (Phi) is 4.37. The smallest absolute Gasteiger partial charge is 0.314 e. The van der Waals surface area contributed by atoms with E-state index in [1.54, 1.807) is 12.5 Å². The van der Waals surface area contributed by atoms with Crippen LogP contribution in [0.3, 0.4) is 0 Å². The predicted octanol–water partition coefficient (Wildman–Crippen LogP) is 0.219. The van der Waals surface area contributed by atoms with Gasteiger partial charge in [-0.1, -0.05) is 0 Å². The third-order valence-electron chi connectivity index (χ3n) is 2.79. The van der Waals surface area contributed by atoms with Crippen LogP contribution in [0.4, 0.5) is 4.79 Å². The van der Waals surface area contributed by atoms with Crippen LogP contribution < -0.4 is 10.6 Å². The lowest BCUT2D eigenvalue weighted by atomic mass is 10.1. The van der Waals surface area contributed by atoms with Gasteiger partial charge in [-0.2, -0.15) is 0 Å². The van der Waals surface area contributed by atoms with Crippen LogP contribution in [0.5, 0.6) is 0 Å². The maximum Gasteiger partial charge on any atom is 0.314 e. The average molecular weight is 238 g/mol. The molecule has 1 fully saturated rings. The van der Waals surface area contributed by atoms with E-state index in [-0.39, 0.29) is 6.03 Å². The first-order chi connectivity index (χ1) is 8.34. The maximum absolute atomic E-state index is 11.4. The van der Waals surface area contributed by atoms with Gasteiger partial charge < -0.3 is 19.9 Å². The van der Waals surface area contributed by atoms with E-state index in [4.69, 9.17) is 4.74 Å². The monoisotopic (exact) mass is 238 g/mol. The average Bonchev–Trinajstić information content (AvgIpc) is 2.99. The van der Waals surface area contributed by atoms with Crippen molar-refractivity contribution in [3.63, 3.8) is 0 Å². The highest BCUT2D eigenvalue weighted by molar-refractivity contribution is 5.73. The molecule has 17 heavy (non-hydrogen) atoms. The molecule has 0 radical (unpaired) electrons. The number of aromatic nitrogens is 2. The minimum absolute atomic E-state index is 0.114. The fraction of sp³-hybridized carbons (Fsp3) is 0.636. The summed E-state index contributed by atoms with van der Waals surface area (Å²) < 4.78 is 7.16. The Hall–Kier alpha value is -1.56. The van der Waals surface area contributed by atoms with Gasteiger partial charge in [-0.3, -0.25) is 0 Å². The normalized spacial score (nSPS) is 19.2. The van der Waals surface area contributed by atoms with Crippen molar-refractivity contribution in [3.05, 3.63) is 18.7 Å². The van der Waals surface area contributed by atoms with Crippen LogP contribution in [-0.2, 0) is 11.3 Å². The van der Waals surface area contributed by atoms with Gasteiger partial charge in [0.15, 0.2) is 0 Å². The van der Waals surface area contributed by atoms with Crippen molar-refractivity contribution >= 4 is 6.03 Å². The quantitative estimate of drug-likeness (QED) is 0.771. The summed E-state index contributed by atoms with van der Waals surface area (Å²) in [5.41, 5.74) is 0. The van der Waals surface area contributed by atoms with E-state index in [0.29, 0.717) is 19.0 Å². The van der Waals surface area contributed by atoms with Crippen LogP contribution in [-0.4, -0.2) is 41.9 Å². The van der Waals surface area contributed by atoms with Crippen molar-refractivity contribution in [1.29, 1.82) is 0 Å². The zero-order valence-electron chi connectivity index (χ0n) is 9.76. The Morgan fingerprint density at radius 1 is 1.53 bits per heavy atom. The summed E-state index contributed by atoms with van der Waals surface area (Å²) >= 11 is 0. The lowest BCUT2D eigenvalue weighted by Gasteiger charge is -2.10. The Bertz CT molecular complexity index is 333. The molecule has 1 aromatic rings. The van der Waals surface area contributed by atoms with Crippen LogP contribution in [0.15, 0.2) is 18.7 Å². The van der Waals surface area contributed by atoms with Gasteiger partial charge in [-0.15, -0.1) is 0 Å². The number of ether oxygens (including phenoxy) is 1. The summed E-state index contributed by atoms with van der Waals surface area (Å²) in [7, 11) is 0. The van der Waals surface area contributed by atoms with Gasteiger partial charge in [0.1, 0.15) is 0 Å². The van der Waals surface area contributed by atoms with Crippen molar-refractivity contribution in [2.75, 3.05) is 26.3 Å². The largest absolute Gasteiger partial charge is 0.381 e. The highest BCUT2D eigenvalue weighted by Crippen LogP contribution is 2.10. The molecule has 0 saturated carbocycles. The second-order valence-electron chi connectivity index (χ2n) is 4.17. The van der Waals surface area contributed by atoms with E-state index in [2.05, 4.69) is 15.6 Å². The minimum atomic E-state index is -0.114. The molecule has 94 valence electrons. The molecular formula is C11H18N4O2. The van der Waals surface area contributed by atoms with Crippen molar-refractivity contribution in [2.45, 2.75) is 13.0 Å². The zero-order valence-corrected chi connectivity index (χ0v) is 9.76. The maximum atomic E-state index is 11.4. The summed E-state index contributed by atoms with van der Waals surface area (Å²) in [5, 5.41) is 5.66. The summed E-state index contributed by atoms with van der Waals surface area (Å²) in [6, 6.07) is -0.114. The third-order valence-corrected chi connectivity index (χ3v) is 2.79. The number of hydrogen-bond donors (Lipinski definition) is 2. The molecule has 1 aromatic heterocycles. The molecule has 0 aromatic carbocycles. The zero-order chi connectivity index (χ0) is 11.9. The topological polar surface area (TPSA) is 68.2 Å². The highest BCUT2D eigenvalue weighted by Gasteiger charge is 2.15. The standard InChI is InChI=1S/C11H18N4O2/c16-11(14-7-10-1-6-17-8-10)13-3-5-15-4-2-12-9-15/h2,4,9-10H,1,3,5-8H2,(H2,13,14,16)/t10-/m0/s1. The van der Waals surface area contributed by atoms with Crippen LogP contribution in [0.2, 0.25) is 0 Å². The Morgan fingerprint density at radius 2 is 2.47 bits per heavy atom. The molecule has 1 saturated heterocycles. The molecule has 0 spiro atoms. The molecule has 0 unspecified atom stereocenters. The second kappa shape index (κ2) is 6.24. The van der Waals surface area contributed by atoms with E-state index in [0.717, 1.165) is 26.2 Å². The fourth-order valence-corrected chi connectivity index (χ4v) is 1.76. The van der Waals surface area contributed by atoms with Crippen molar-refractivity contribution in [2.24, 2.45) is 5.92 Å². The van der Waals surface area contributed by atoms with Crippen LogP contribution >= 0.6 is 0 Å². The molecule has 6 nitrogen and oxygen atoms in total. The Morgan fingerprint density at radius 3 is 3.18 bits per heavy atom. The molecule has 6 heteroatoms. The SMILES string of the molecule is O=C(NCCn1ccnc1)NC[C@@H]1CCOC1. The number of urea groups is 1. The summed E-state index contributed by atoms with van der Waals surface area (Å²) in [5.74, 6) is 0.467. The van der Waals surface area contributed by atoms with Crippen molar-refractivity contribution < 1.29 is 9.53 Å². The molecule has 1 atom stereocenters. The van der Waals surface area contributed by atoms with E-state index in [1.165, 1.54) is 0 Å². The highest BCUT2D eigenvalue weighted by atomic mass is 16.5. The molecule has 2 amide bonds. The Balaban J connectivity index is 1.54. The van der Waals surface area contributed by atoms with Crippen LogP contribution in [0.25, 0.3) is 0 Å². The number of amides is 2. The number of rotatable bonds is 5. The number of carbonyl (C=O) groups excluding carboxylic acids is 1. The molecule has 2 heterocycles. The van der Waals surface area contributed by atoms with Crippen molar-refractivity contribution in [3.8, 4) is 0 Å². The van der Waals surface area contributed by atoms with Gasteiger partial charge >= 0.3 is 6.03 Å². The molecule has 1 aliphatic rings. The van der Waals surface area contributed by atoms with E-state index < -0.39 is 0 Å². The number of imidazole rings is 1. The summed E-state index contributed by atoms with van der Waals surface area (Å²) in [6.07, 6.45) is 6.36.